The van der Waals surface area contributed by atoms with Gasteiger partial charge in [-0.05, 0) is 12.1 Å². The molecule has 1 amide bonds. The Morgan fingerprint density at radius 3 is 2.86 bits per heavy atom. The summed E-state index contributed by atoms with van der Waals surface area (Å²) in [7, 11) is 4.43. The molecule has 1 rings (SSSR count). The van der Waals surface area contributed by atoms with Gasteiger partial charge in [0.15, 0.2) is 5.75 Å². The van der Waals surface area contributed by atoms with Crippen molar-refractivity contribution in [1.29, 1.82) is 0 Å². The molecule has 1 N–H and O–H groups in total. The Labute approximate surface area is 86.8 Å². The number of hydrogen-bond donors (Lipinski definition) is 1. The number of rotatable bonds is 2. The van der Waals surface area contributed by atoms with Crippen LogP contribution < -0.4 is 10.1 Å². The second kappa shape index (κ2) is 4.72. The van der Waals surface area contributed by atoms with E-state index in [1.807, 2.05) is 0 Å². The molecular formula is C9H9ClNO3. The first kappa shape index (κ1) is 10.7. The molecule has 1 aromatic rings. The minimum absolute atomic E-state index is 0.388. The van der Waals surface area contributed by atoms with Crippen LogP contribution in [0.1, 0.15) is 0 Å². The van der Waals surface area contributed by atoms with Crippen LogP contribution in [0.15, 0.2) is 18.2 Å². The van der Waals surface area contributed by atoms with Crippen molar-refractivity contribution in [1.82, 2.24) is 0 Å². The molecule has 14 heavy (non-hydrogen) atoms. The Kier molecular flexibility index (Phi) is 3.59. The maximum atomic E-state index is 10.9. The first-order chi connectivity index (χ1) is 6.69. The monoisotopic (exact) mass is 214 g/mol. The zero-order valence-corrected chi connectivity index (χ0v) is 8.30. The predicted octanol–water partition coefficient (Wildman–Crippen LogP) is 2.69. The predicted molar refractivity (Wildman–Crippen MR) is 53.5 cm³/mol. The van der Waals surface area contributed by atoms with E-state index in [0.29, 0.717) is 16.5 Å². The maximum absolute atomic E-state index is 10.9. The third-order valence-corrected chi connectivity index (χ3v) is 1.84. The number of halogens is 1. The van der Waals surface area contributed by atoms with Crippen LogP contribution in [-0.2, 0) is 4.74 Å². The Bertz CT molecular complexity index is 341. The quantitative estimate of drug-likeness (QED) is 0.824. The number of hydrogen-bond acceptors (Lipinski definition) is 3. The summed E-state index contributed by atoms with van der Waals surface area (Å²) in [5, 5.41) is 2.83. The molecule has 0 saturated heterocycles. The van der Waals surface area contributed by atoms with Crippen LogP contribution in [0.25, 0.3) is 0 Å². The summed E-state index contributed by atoms with van der Waals surface area (Å²) >= 11 is 5.82. The van der Waals surface area contributed by atoms with Crippen molar-refractivity contribution in [2.75, 3.05) is 12.4 Å². The van der Waals surface area contributed by atoms with Gasteiger partial charge < -0.3 is 9.47 Å². The molecule has 75 valence electrons. The lowest BCUT2D eigenvalue weighted by Gasteiger charge is -2.09. The summed E-state index contributed by atoms with van der Waals surface area (Å²) in [6, 6.07) is 4.98. The second-order valence-electron chi connectivity index (χ2n) is 2.38. The molecule has 0 spiro atoms. The molecule has 0 aliphatic rings. The highest BCUT2D eigenvalue weighted by Gasteiger charge is 2.09. The Morgan fingerprint density at radius 1 is 1.57 bits per heavy atom. The zero-order valence-electron chi connectivity index (χ0n) is 7.54. The molecule has 0 atom stereocenters. The number of carbonyl (C=O) groups is 1. The van der Waals surface area contributed by atoms with Crippen molar-refractivity contribution < 1.29 is 14.3 Å². The molecule has 0 bridgehead atoms. The van der Waals surface area contributed by atoms with Crippen molar-refractivity contribution in [3.63, 3.8) is 0 Å². The molecule has 0 aliphatic heterocycles. The van der Waals surface area contributed by atoms with Crippen molar-refractivity contribution in [2.24, 2.45) is 0 Å². The van der Waals surface area contributed by atoms with Gasteiger partial charge in [-0.3, -0.25) is 5.32 Å². The van der Waals surface area contributed by atoms with Crippen LogP contribution >= 0.6 is 11.6 Å². The number of methoxy groups -OCH3 is 1. The first-order valence-corrected chi connectivity index (χ1v) is 4.12. The summed E-state index contributed by atoms with van der Waals surface area (Å²) < 4.78 is 9.19. The topological polar surface area (TPSA) is 47.6 Å². The molecular weight excluding hydrogens is 206 g/mol. The summed E-state index contributed by atoms with van der Waals surface area (Å²) in [6.07, 6.45) is -0.675. The molecule has 5 heteroatoms. The van der Waals surface area contributed by atoms with E-state index < -0.39 is 6.09 Å². The average Bonchev–Trinajstić information content (AvgIpc) is 2.18. The van der Waals surface area contributed by atoms with Crippen molar-refractivity contribution in [3.8, 4) is 5.75 Å². The number of nitrogens with one attached hydrogen (secondary N) is 1. The molecule has 1 radical (unpaired) electrons. The molecule has 0 unspecified atom stereocenters. The van der Waals surface area contributed by atoms with Gasteiger partial charge in [-0.15, -0.1) is 0 Å². The third kappa shape index (κ3) is 2.29. The fourth-order valence-corrected chi connectivity index (χ4v) is 1.21. The molecule has 0 fully saturated rings. The fraction of sp³-hybridized carbons (Fsp3) is 0.111. The zero-order chi connectivity index (χ0) is 10.6. The smallest absolute Gasteiger partial charge is 0.411 e. The SMILES string of the molecule is [CH2]OC(=O)Nc1cccc(Cl)c1OC. The molecule has 4 nitrogen and oxygen atoms in total. The largest absolute Gasteiger partial charge is 0.493 e. The fourth-order valence-electron chi connectivity index (χ4n) is 0.961. The van der Waals surface area contributed by atoms with Crippen LogP contribution in [0.3, 0.4) is 0 Å². The van der Waals surface area contributed by atoms with Crippen LogP contribution in [0.4, 0.5) is 10.5 Å². The lowest BCUT2D eigenvalue weighted by molar-refractivity contribution is 0.199. The van der Waals surface area contributed by atoms with Crippen LogP contribution in [0, 0.1) is 7.11 Å². The Morgan fingerprint density at radius 2 is 2.29 bits per heavy atom. The van der Waals surface area contributed by atoms with Crippen molar-refractivity contribution in [3.05, 3.63) is 30.3 Å². The van der Waals surface area contributed by atoms with Gasteiger partial charge in [-0.1, -0.05) is 17.7 Å². The lowest BCUT2D eigenvalue weighted by Crippen LogP contribution is -2.10. The Hall–Kier alpha value is -1.42. The molecule has 1 aromatic carbocycles. The van der Waals surface area contributed by atoms with E-state index in [-0.39, 0.29) is 0 Å². The van der Waals surface area contributed by atoms with E-state index in [2.05, 4.69) is 17.2 Å². The maximum Gasteiger partial charge on any atom is 0.411 e. The van der Waals surface area contributed by atoms with Crippen molar-refractivity contribution >= 4 is 23.4 Å². The molecule has 0 aliphatic carbocycles. The minimum Gasteiger partial charge on any atom is -0.493 e. The number of para-hydroxylation sites is 1. The van der Waals surface area contributed by atoms with E-state index in [1.54, 1.807) is 18.2 Å². The number of amides is 1. The normalized spacial score (nSPS) is 9.36. The minimum atomic E-state index is -0.675. The highest BCUT2D eigenvalue weighted by molar-refractivity contribution is 6.32. The Balaban J connectivity index is 2.96. The van der Waals surface area contributed by atoms with Gasteiger partial charge in [0.2, 0.25) is 0 Å². The van der Waals surface area contributed by atoms with Crippen LogP contribution in [-0.4, -0.2) is 13.2 Å². The van der Waals surface area contributed by atoms with Gasteiger partial charge in [0.1, 0.15) is 7.11 Å². The highest BCUT2D eigenvalue weighted by Crippen LogP contribution is 2.32. The van der Waals surface area contributed by atoms with Crippen LogP contribution in [0.2, 0.25) is 5.02 Å². The van der Waals surface area contributed by atoms with E-state index in [1.165, 1.54) is 7.11 Å². The summed E-state index contributed by atoms with van der Waals surface area (Å²) in [5.41, 5.74) is 0.439. The van der Waals surface area contributed by atoms with Gasteiger partial charge in [-0.25, -0.2) is 4.79 Å². The van der Waals surface area contributed by atoms with Gasteiger partial charge in [0.25, 0.3) is 0 Å². The van der Waals surface area contributed by atoms with E-state index in [4.69, 9.17) is 16.3 Å². The molecule has 0 aromatic heterocycles. The van der Waals surface area contributed by atoms with Gasteiger partial charge in [0.05, 0.1) is 17.8 Å². The summed E-state index contributed by atoms with van der Waals surface area (Å²) in [4.78, 5) is 10.9. The first-order valence-electron chi connectivity index (χ1n) is 3.74. The number of benzene rings is 1. The van der Waals surface area contributed by atoms with E-state index >= 15 is 0 Å². The average molecular weight is 215 g/mol. The second-order valence-corrected chi connectivity index (χ2v) is 2.78. The molecule has 0 heterocycles. The lowest BCUT2D eigenvalue weighted by atomic mass is 10.3. The number of anilines is 1. The summed E-state index contributed by atoms with van der Waals surface area (Å²) in [6.45, 7) is 0. The highest BCUT2D eigenvalue weighted by atomic mass is 35.5. The number of ether oxygens (including phenoxy) is 2. The van der Waals surface area contributed by atoms with Crippen molar-refractivity contribution in [2.45, 2.75) is 0 Å². The van der Waals surface area contributed by atoms with Gasteiger partial charge in [0, 0.05) is 0 Å². The standard InChI is InChI=1S/C9H9ClNO3/c1-13-8-6(10)4-3-5-7(8)11-9(12)14-2/h3-5H,2H2,1H3,(H,11,12). The van der Waals surface area contributed by atoms with Gasteiger partial charge in [-0.2, -0.15) is 0 Å². The summed E-state index contributed by atoms with van der Waals surface area (Å²) in [5.74, 6) is 0.388. The van der Waals surface area contributed by atoms with Crippen LogP contribution in [0.5, 0.6) is 5.75 Å². The van der Waals surface area contributed by atoms with E-state index in [0.717, 1.165) is 0 Å². The van der Waals surface area contributed by atoms with E-state index in [9.17, 15) is 4.79 Å². The molecule has 0 saturated carbocycles. The third-order valence-electron chi connectivity index (χ3n) is 1.54. The number of carbonyl (C=O) groups excluding carboxylic acids is 1. The van der Waals surface area contributed by atoms with Gasteiger partial charge >= 0.3 is 6.09 Å².